The summed E-state index contributed by atoms with van der Waals surface area (Å²) >= 11 is 12.3. The minimum Gasteiger partial charge on any atom is -0.368 e. The molecular formula is C19H21Cl2N5. The summed E-state index contributed by atoms with van der Waals surface area (Å²) in [5, 5.41) is 4.33. The highest BCUT2D eigenvalue weighted by Gasteiger charge is 2.13. The SMILES string of the molecule is CN(C)CCCCNc1nc2cc(Cl)c(Cl)cc2nc1-c1ccccn1. The normalized spacial score (nSPS) is 11.3. The molecule has 0 unspecified atom stereocenters. The lowest BCUT2D eigenvalue weighted by molar-refractivity contribution is 0.396. The third-order valence-corrected chi connectivity index (χ3v) is 4.66. The Morgan fingerprint density at radius 3 is 2.38 bits per heavy atom. The van der Waals surface area contributed by atoms with Gasteiger partial charge in [0.25, 0.3) is 0 Å². The predicted octanol–water partition coefficient (Wildman–Crippen LogP) is 4.75. The average Bonchev–Trinajstić information content (AvgIpc) is 2.62. The van der Waals surface area contributed by atoms with Crippen LogP contribution in [0.15, 0.2) is 36.5 Å². The molecule has 0 saturated carbocycles. The lowest BCUT2D eigenvalue weighted by Gasteiger charge is -2.13. The molecule has 0 aliphatic heterocycles. The van der Waals surface area contributed by atoms with Gasteiger partial charge in [0.2, 0.25) is 0 Å². The molecule has 3 rings (SSSR count). The number of hydrogen-bond donors (Lipinski definition) is 1. The molecular weight excluding hydrogens is 369 g/mol. The number of halogens is 2. The van der Waals surface area contributed by atoms with Gasteiger partial charge >= 0.3 is 0 Å². The van der Waals surface area contributed by atoms with Gasteiger partial charge in [0.1, 0.15) is 5.69 Å². The maximum absolute atomic E-state index is 6.13. The first-order valence-corrected chi connectivity index (χ1v) is 9.27. The van der Waals surface area contributed by atoms with Crippen molar-refractivity contribution in [3.8, 4) is 11.4 Å². The second-order valence-corrected chi connectivity index (χ2v) is 7.14. The molecule has 0 amide bonds. The molecule has 2 heterocycles. The minimum absolute atomic E-state index is 0.463. The zero-order chi connectivity index (χ0) is 18.5. The first kappa shape index (κ1) is 18.8. The van der Waals surface area contributed by atoms with Crippen LogP contribution in [0.1, 0.15) is 12.8 Å². The minimum atomic E-state index is 0.463. The van der Waals surface area contributed by atoms with Crippen molar-refractivity contribution < 1.29 is 0 Å². The van der Waals surface area contributed by atoms with E-state index in [0.717, 1.165) is 31.6 Å². The van der Waals surface area contributed by atoms with E-state index in [9.17, 15) is 0 Å². The molecule has 26 heavy (non-hydrogen) atoms. The van der Waals surface area contributed by atoms with Crippen LogP contribution >= 0.6 is 23.2 Å². The third kappa shape index (κ3) is 4.61. The van der Waals surface area contributed by atoms with Gasteiger partial charge in [-0.15, -0.1) is 0 Å². The average molecular weight is 390 g/mol. The van der Waals surface area contributed by atoms with E-state index in [-0.39, 0.29) is 0 Å². The fourth-order valence-electron chi connectivity index (χ4n) is 2.62. The number of hydrogen-bond acceptors (Lipinski definition) is 5. The molecule has 1 aromatic carbocycles. The van der Waals surface area contributed by atoms with E-state index in [2.05, 4.69) is 29.3 Å². The topological polar surface area (TPSA) is 53.9 Å². The Bertz CT molecular complexity index is 884. The van der Waals surface area contributed by atoms with Crippen molar-refractivity contribution >= 4 is 40.1 Å². The fourth-order valence-corrected chi connectivity index (χ4v) is 2.93. The molecule has 0 aliphatic carbocycles. The summed E-state index contributed by atoms with van der Waals surface area (Å²) in [4.78, 5) is 16.1. The maximum Gasteiger partial charge on any atom is 0.154 e. The molecule has 0 atom stereocenters. The van der Waals surface area contributed by atoms with E-state index in [0.29, 0.717) is 32.6 Å². The maximum atomic E-state index is 6.13. The summed E-state index contributed by atoms with van der Waals surface area (Å²) in [5.74, 6) is 0.708. The zero-order valence-electron chi connectivity index (χ0n) is 14.8. The van der Waals surface area contributed by atoms with Crippen LogP contribution in [0.5, 0.6) is 0 Å². The molecule has 0 spiro atoms. The van der Waals surface area contributed by atoms with Crippen molar-refractivity contribution in [1.82, 2.24) is 19.9 Å². The van der Waals surface area contributed by atoms with Crippen molar-refractivity contribution in [2.45, 2.75) is 12.8 Å². The molecule has 5 nitrogen and oxygen atoms in total. The highest BCUT2D eigenvalue weighted by atomic mass is 35.5. The van der Waals surface area contributed by atoms with Crippen LogP contribution in [-0.4, -0.2) is 47.0 Å². The molecule has 7 heteroatoms. The molecule has 0 fully saturated rings. The van der Waals surface area contributed by atoms with Gasteiger partial charge in [0.15, 0.2) is 5.82 Å². The molecule has 0 radical (unpaired) electrons. The predicted molar refractivity (Wildman–Crippen MR) is 109 cm³/mol. The molecule has 1 N–H and O–H groups in total. The molecule has 0 bridgehead atoms. The van der Waals surface area contributed by atoms with Crippen LogP contribution in [-0.2, 0) is 0 Å². The second kappa shape index (κ2) is 8.62. The standard InChI is InChI=1S/C19H21Cl2N5/c1-26(2)10-6-5-9-23-19-18(15-7-3-4-8-22-15)24-16-11-13(20)14(21)12-17(16)25-19/h3-4,7-8,11-12H,5-6,9-10H2,1-2H3,(H,23,25). The Kier molecular flexibility index (Phi) is 6.25. The van der Waals surface area contributed by atoms with E-state index in [1.807, 2.05) is 18.2 Å². The van der Waals surface area contributed by atoms with E-state index in [4.69, 9.17) is 33.2 Å². The molecule has 3 aromatic rings. The van der Waals surface area contributed by atoms with Crippen LogP contribution in [0.3, 0.4) is 0 Å². The van der Waals surface area contributed by atoms with E-state index in [1.54, 1.807) is 18.3 Å². The summed E-state index contributed by atoms with van der Waals surface area (Å²) in [5.41, 5.74) is 2.88. The smallest absolute Gasteiger partial charge is 0.154 e. The second-order valence-electron chi connectivity index (χ2n) is 6.33. The number of anilines is 1. The third-order valence-electron chi connectivity index (χ3n) is 3.94. The van der Waals surface area contributed by atoms with Crippen molar-refractivity contribution in [2.24, 2.45) is 0 Å². The van der Waals surface area contributed by atoms with Gasteiger partial charge < -0.3 is 10.2 Å². The Morgan fingerprint density at radius 1 is 1.00 bits per heavy atom. The van der Waals surface area contributed by atoms with Gasteiger partial charge in [-0.2, -0.15) is 0 Å². The Morgan fingerprint density at radius 2 is 1.73 bits per heavy atom. The largest absolute Gasteiger partial charge is 0.368 e. The number of benzene rings is 1. The number of nitrogens with one attached hydrogen (secondary N) is 1. The Balaban J connectivity index is 1.92. The number of nitrogens with zero attached hydrogens (tertiary/aromatic N) is 4. The van der Waals surface area contributed by atoms with Gasteiger partial charge in [-0.1, -0.05) is 29.3 Å². The van der Waals surface area contributed by atoms with Crippen LogP contribution in [0.25, 0.3) is 22.4 Å². The van der Waals surface area contributed by atoms with Crippen LogP contribution in [0.4, 0.5) is 5.82 Å². The number of rotatable bonds is 7. The van der Waals surface area contributed by atoms with E-state index >= 15 is 0 Å². The van der Waals surface area contributed by atoms with Gasteiger partial charge in [-0.3, -0.25) is 4.98 Å². The number of pyridine rings is 1. The number of fused-ring (bicyclic) bond motifs is 1. The van der Waals surface area contributed by atoms with Gasteiger partial charge in [-0.05, 0) is 57.7 Å². The van der Waals surface area contributed by atoms with Crippen molar-refractivity contribution in [3.63, 3.8) is 0 Å². The van der Waals surface area contributed by atoms with Gasteiger partial charge in [0.05, 0.1) is 26.8 Å². The lowest BCUT2D eigenvalue weighted by Crippen LogP contribution is -2.14. The molecule has 0 aliphatic rings. The summed E-state index contributed by atoms with van der Waals surface area (Å²) in [6, 6.07) is 9.21. The van der Waals surface area contributed by atoms with Crippen molar-refractivity contribution in [2.75, 3.05) is 32.5 Å². The highest BCUT2D eigenvalue weighted by molar-refractivity contribution is 6.42. The van der Waals surface area contributed by atoms with Gasteiger partial charge in [0, 0.05) is 12.7 Å². The summed E-state index contributed by atoms with van der Waals surface area (Å²) in [7, 11) is 4.16. The van der Waals surface area contributed by atoms with Crippen LogP contribution in [0.2, 0.25) is 10.0 Å². The lowest BCUT2D eigenvalue weighted by atomic mass is 10.2. The Labute approximate surface area is 163 Å². The summed E-state index contributed by atoms with van der Waals surface area (Å²) in [6.45, 7) is 1.88. The quantitative estimate of drug-likeness (QED) is 0.590. The van der Waals surface area contributed by atoms with Crippen LogP contribution in [0, 0.1) is 0 Å². The molecule has 2 aromatic heterocycles. The highest BCUT2D eigenvalue weighted by Crippen LogP contribution is 2.30. The fraction of sp³-hybridized carbons (Fsp3) is 0.316. The van der Waals surface area contributed by atoms with Crippen LogP contribution < -0.4 is 5.32 Å². The van der Waals surface area contributed by atoms with E-state index in [1.165, 1.54) is 0 Å². The number of unbranched alkanes of at least 4 members (excludes halogenated alkanes) is 1. The molecule has 136 valence electrons. The van der Waals surface area contributed by atoms with Crippen molar-refractivity contribution in [1.29, 1.82) is 0 Å². The molecule has 0 saturated heterocycles. The van der Waals surface area contributed by atoms with Gasteiger partial charge in [-0.25, -0.2) is 9.97 Å². The first-order valence-electron chi connectivity index (χ1n) is 8.51. The zero-order valence-corrected chi connectivity index (χ0v) is 16.3. The Hall–Kier alpha value is -1.95. The van der Waals surface area contributed by atoms with Crippen molar-refractivity contribution in [3.05, 3.63) is 46.6 Å². The summed E-state index contributed by atoms with van der Waals surface area (Å²) < 4.78 is 0. The van der Waals surface area contributed by atoms with E-state index < -0.39 is 0 Å². The first-order chi connectivity index (χ1) is 12.5. The number of aromatic nitrogens is 3. The summed E-state index contributed by atoms with van der Waals surface area (Å²) in [6.07, 6.45) is 3.90. The monoisotopic (exact) mass is 389 g/mol.